The molecule has 3 aromatic carbocycles. The zero-order chi connectivity index (χ0) is 32.8. The molecule has 46 heavy (non-hydrogen) atoms. The fourth-order valence-corrected chi connectivity index (χ4v) is 11.9. The van der Waals surface area contributed by atoms with Gasteiger partial charge in [-0.2, -0.15) is 0 Å². The largest absolute Gasteiger partial charge is 0.497 e. The van der Waals surface area contributed by atoms with E-state index in [0.29, 0.717) is 30.8 Å². The first-order valence-electron chi connectivity index (χ1n) is 15.7. The van der Waals surface area contributed by atoms with Crippen LogP contribution in [0.5, 0.6) is 5.75 Å². The molecule has 0 saturated carbocycles. The molecule has 0 unspecified atom stereocenters. The summed E-state index contributed by atoms with van der Waals surface area (Å²) in [6.07, 6.45) is -0.0942. The van der Waals surface area contributed by atoms with Crippen molar-refractivity contribution < 1.29 is 29.1 Å². The number of benzene rings is 3. The minimum Gasteiger partial charge on any atom is -0.497 e. The van der Waals surface area contributed by atoms with Crippen LogP contribution < -0.4 is 25.0 Å². The Morgan fingerprint density at radius 1 is 1.11 bits per heavy atom. The quantitative estimate of drug-likeness (QED) is 0.205. The van der Waals surface area contributed by atoms with Crippen molar-refractivity contribution in [2.45, 2.75) is 50.2 Å². The lowest BCUT2D eigenvalue weighted by molar-refractivity contribution is -0.385. The van der Waals surface area contributed by atoms with Gasteiger partial charge in [0.1, 0.15) is 5.75 Å². The minimum atomic E-state index is -2.38. The van der Waals surface area contributed by atoms with Crippen LogP contribution in [0.25, 0.3) is 0 Å². The van der Waals surface area contributed by atoms with Gasteiger partial charge in [-0.3, -0.25) is 19.7 Å². The summed E-state index contributed by atoms with van der Waals surface area (Å²) in [6.45, 7) is 8.23. The number of hydrogen-bond acceptors (Lipinski definition) is 8. The number of ether oxygens (including phenoxy) is 2. The Labute approximate surface area is 269 Å². The summed E-state index contributed by atoms with van der Waals surface area (Å²) in [7, 11) is -0.757. The molecule has 3 aromatic rings. The highest BCUT2D eigenvalue weighted by molar-refractivity contribution is 6.91. The summed E-state index contributed by atoms with van der Waals surface area (Å²) in [6, 6.07) is 20.2. The Bertz CT molecular complexity index is 1650. The number of hydrogen-bond donors (Lipinski definition) is 2. The Kier molecular flexibility index (Phi) is 8.49. The second kappa shape index (κ2) is 12.3. The van der Waals surface area contributed by atoms with Crippen LogP contribution in [-0.2, 0) is 26.5 Å². The Morgan fingerprint density at radius 3 is 2.46 bits per heavy atom. The van der Waals surface area contributed by atoms with Crippen molar-refractivity contribution in [3.63, 3.8) is 0 Å². The summed E-state index contributed by atoms with van der Waals surface area (Å²) < 4.78 is 12.2. The number of aliphatic hydroxyl groups excluding tert-OH is 1. The summed E-state index contributed by atoms with van der Waals surface area (Å²) in [5.74, 6) is 0.156. The van der Waals surface area contributed by atoms with Crippen LogP contribution in [-0.4, -0.2) is 69.4 Å². The molecule has 4 atom stereocenters. The third-order valence-corrected chi connectivity index (χ3v) is 14.5. The molecule has 11 nitrogen and oxygen atoms in total. The molecule has 2 N–H and O–H groups in total. The number of amides is 2. The summed E-state index contributed by atoms with van der Waals surface area (Å²) in [5, 5.41) is 26.3. The van der Waals surface area contributed by atoms with Gasteiger partial charge in [-0.15, -0.1) is 0 Å². The molecular weight excluding hydrogens is 604 g/mol. The molecule has 3 heterocycles. The number of aliphatic hydroxyl groups is 1. The normalized spacial score (nSPS) is 24.5. The lowest BCUT2D eigenvalue weighted by Gasteiger charge is -2.37. The number of nitro groups is 1. The molecule has 0 aromatic heterocycles. The van der Waals surface area contributed by atoms with E-state index >= 15 is 0 Å². The molecule has 0 aliphatic carbocycles. The smallest absolute Gasteiger partial charge is 0.269 e. The molecule has 12 heteroatoms. The number of rotatable bonds is 9. The number of methoxy groups -OCH3 is 1. The molecule has 3 aliphatic rings. The number of non-ortho nitro benzene ring substituents is 1. The number of carbonyl (C=O) groups excluding carboxylic acids is 2. The van der Waals surface area contributed by atoms with E-state index in [-0.39, 0.29) is 42.1 Å². The third kappa shape index (κ3) is 5.19. The van der Waals surface area contributed by atoms with Crippen LogP contribution in [0.3, 0.4) is 0 Å². The summed E-state index contributed by atoms with van der Waals surface area (Å²) in [4.78, 5) is 42.1. The topological polar surface area (TPSA) is 134 Å². The lowest BCUT2D eigenvalue weighted by Crippen LogP contribution is -2.51. The SMILES string of the molecule is COc1ccc([Si](C)(C)[C@H]2[C@H](CCO)O[C@@]3(C(=O)N(Cc4ccc(N5CCNCC5=O)cc4)c4ccc([N+](=O)[O-])cc43)[C@@H]2C)cc1. The zero-order valence-corrected chi connectivity index (χ0v) is 27.6. The van der Waals surface area contributed by atoms with E-state index in [0.717, 1.165) is 23.5 Å². The summed E-state index contributed by atoms with van der Waals surface area (Å²) in [5.41, 5.74) is 1.08. The number of nitro benzene ring substituents is 1. The number of carbonyl (C=O) groups is 2. The van der Waals surface area contributed by atoms with Crippen molar-refractivity contribution >= 4 is 42.1 Å². The predicted octanol–water partition coefficient (Wildman–Crippen LogP) is 3.68. The Hall–Kier alpha value is -4.10. The average Bonchev–Trinajstić information content (AvgIpc) is 3.48. The maximum absolute atomic E-state index is 14.8. The monoisotopic (exact) mass is 644 g/mol. The predicted molar refractivity (Wildman–Crippen MR) is 177 cm³/mol. The zero-order valence-electron chi connectivity index (χ0n) is 26.6. The van der Waals surface area contributed by atoms with Gasteiger partial charge in [0, 0.05) is 49.0 Å². The molecule has 0 bridgehead atoms. The Morgan fingerprint density at radius 2 is 1.83 bits per heavy atom. The highest BCUT2D eigenvalue weighted by Gasteiger charge is 2.66. The van der Waals surface area contributed by atoms with Crippen LogP contribution in [0, 0.1) is 16.0 Å². The molecule has 1 spiro atoms. The highest BCUT2D eigenvalue weighted by atomic mass is 28.3. The molecule has 2 fully saturated rings. The molecule has 2 amide bonds. The minimum absolute atomic E-state index is 0.00616. The number of fused-ring (bicyclic) bond motifs is 2. The van der Waals surface area contributed by atoms with Crippen molar-refractivity contribution in [2.24, 2.45) is 5.92 Å². The van der Waals surface area contributed by atoms with Gasteiger partial charge < -0.3 is 29.7 Å². The molecule has 6 rings (SSSR count). The van der Waals surface area contributed by atoms with Crippen LogP contribution in [0.4, 0.5) is 17.1 Å². The maximum Gasteiger partial charge on any atom is 0.269 e. The molecular formula is C34H40N4O7Si. The lowest BCUT2D eigenvalue weighted by atomic mass is 9.82. The fourth-order valence-electron chi connectivity index (χ4n) is 7.81. The number of nitrogens with one attached hydrogen (secondary N) is 1. The fraction of sp³-hybridized carbons (Fsp3) is 0.412. The van der Waals surface area contributed by atoms with E-state index in [1.165, 1.54) is 17.3 Å². The molecule has 242 valence electrons. The van der Waals surface area contributed by atoms with Crippen molar-refractivity contribution in [3.8, 4) is 5.75 Å². The van der Waals surface area contributed by atoms with Crippen molar-refractivity contribution in [2.75, 3.05) is 43.2 Å². The standard InChI is InChI=1S/C34H40N4O7Si/c1-22-32(46(3,4)27-12-10-26(44-2)11-13-27)30(15-18-39)45-34(22)28-19-25(38(42)43)9-14-29(28)37(33(34)41)21-23-5-7-24(8-6-23)36-17-16-35-20-31(36)40/h5-14,19,22,30,32,35,39H,15-18,20-21H2,1-4H3/t22-,30+,32-,34+/m1/s1. The van der Waals surface area contributed by atoms with E-state index in [2.05, 4.69) is 30.5 Å². The number of anilines is 2. The van der Waals surface area contributed by atoms with E-state index in [1.807, 2.05) is 43.3 Å². The second-order valence-corrected chi connectivity index (χ2v) is 17.6. The first-order chi connectivity index (χ1) is 22.0. The van der Waals surface area contributed by atoms with E-state index in [9.17, 15) is 24.8 Å². The van der Waals surface area contributed by atoms with Crippen LogP contribution in [0.1, 0.15) is 24.5 Å². The maximum atomic E-state index is 14.8. The first-order valence-corrected chi connectivity index (χ1v) is 18.7. The van der Waals surface area contributed by atoms with Gasteiger partial charge in [0.05, 0.1) is 45.0 Å². The van der Waals surface area contributed by atoms with E-state index < -0.39 is 24.7 Å². The van der Waals surface area contributed by atoms with Gasteiger partial charge in [-0.05, 0) is 47.9 Å². The van der Waals surface area contributed by atoms with Gasteiger partial charge in [0.15, 0.2) is 5.60 Å². The molecule has 3 aliphatic heterocycles. The van der Waals surface area contributed by atoms with E-state index in [1.54, 1.807) is 23.0 Å². The van der Waals surface area contributed by atoms with Gasteiger partial charge in [-0.25, -0.2) is 0 Å². The number of piperazine rings is 1. The summed E-state index contributed by atoms with van der Waals surface area (Å²) >= 11 is 0. The van der Waals surface area contributed by atoms with Crippen molar-refractivity contribution in [1.29, 1.82) is 0 Å². The van der Waals surface area contributed by atoms with Gasteiger partial charge in [-0.1, -0.05) is 49.5 Å². The average molecular weight is 645 g/mol. The van der Waals surface area contributed by atoms with E-state index in [4.69, 9.17) is 9.47 Å². The molecule has 0 radical (unpaired) electrons. The third-order valence-electron chi connectivity index (χ3n) is 10.1. The van der Waals surface area contributed by atoms with Crippen molar-refractivity contribution in [1.82, 2.24) is 5.32 Å². The van der Waals surface area contributed by atoms with Gasteiger partial charge in [0.25, 0.3) is 11.6 Å². The van der Waals surface area contributed by atoms with Gasteiger partial charge >= 0.3 is 0 Å². The molecule has 2 saturated heterocycles. The number of nitrogens with zero attached hydrogens (tertiary/aromatic N) is 3. The van der Waals surface area contributed by atoms with Gasteiger partial charge in [0.2, 0.25) is 5.91 Å². The van der Waals surface area contributed by atoms with Crippen molar-refractivity contribution in [3.05, 3.63) is 88.0 Å². The van der Waals surface area contributed by atoms with Crippen LogP contribution >= 0.6 is 0 Å². The van der Waals surface area contributed by atoms with Crippen LogP contribution in [0.2, 0.25) is 18.6 Å². The highest BCUT2D eigenvalue weighted by Crippen LogP contribution is 2.60. The van der Waals surface area contributed by atoms with Crippen LogP contribution in [0.15, 0.2) is 66.7 Å². The Balaban J connectivity index is 1.39. The second-order valence-electron chi connectivity index (χ2n) is 12.9. The first kappa shape index (κ1) is 31.9.